The van der Waals surface area contributed by atoms with E-state index in [1.165, 1.54) is 11.3 Å². The quantitative estimate of drug-likeness (QED) is 0.605. The second kappa shape index (κ2) is 8.64. The van der Waals surface area contributed by atoms with Gasteiger partial charge in [-0.05, 0) is 48.2 Å². The van der Waals surface area contributed by atoms with Crippen LogP contribution in [-0.2, 0) is 12.8 Å². The Bertz CT molecular complexity index is 886. The predicted molar refractivity (Wildman–Crippen MR) is 112 cm³/mol. The molecular formula is C22H22N2O2S. The summed E-state index contributed by atoms with van der Waals surface area (Å²) in [4.78, 5) is 26.1. The Balaban J connectivity index is 1.72. The van der Waals surface area contributed by atoms with Crippen molar-refractivity contribution in [3.05, 3.63) is 81.5 Å². The van der Waals surface area contributed by atoms with Crippen LogP contribution >= 0.6 is 11.3 Å². The number of carbonyl (C=O) groups excluding carboxylic acids is 2. The Morgan fingerprint density at radius 1 is 0.704 bits per heavy atom. The van der Waals surface area contributed by atoms with Crippen LogP contribution in [0.3, 0.4) is 0 Å². The van der Waals surface area contributed by atoms with E-state index in [0.717, 1.165) is 35.3 Å². The summed E-state index contributed by atoms with van der Waals surface area (Å²) < 4.78 is 0. The van der Waals surface area contributed by atoms with Gasteiger partial charge < -0.3 is 10.6 Å². The maximum atomic E-state index is 12.5. The van der Waals surface area contributed by atoms with Crippen LogP contribution in [0.25, 0.3) is 0 Å². The van der Waals surface area contributed by atoms with Crippen LogP contribution < -0.4 is 10.6 Å². The molecule has 0 unspecified atom stereocenters. The van der Waals surface area contributed by atoms with Crippen LogP contribution in [-0.4, -0.2) is 11.8 Å². The number of amides is 2. The summed E-state index contributed by atoms with van der Waals surface area (Å²) in [7, 11) is 0. The molecule has 0 saturated carbocycles. The highest BCUT2D eigenvalue weighted by Gasteiger charge is 2.15. The fourth-order valence-electron chi connectivity index (χ4n) is 2.85. The molecule has 5 heteroatoms. The lowest BCUT2D eigenvalue weighted by Gasteiger charge is -2.09. The standard InChI is InChI=1S/C22H22N2O2S/c1-3-15-9-5-7-11-17(15)23-21(25)19-13-14-20(27-19)22(26)24-18-12-8-6-10-16(18)4-2/h5-14H,3-4H2,1-2H3,(H,23,25)(H,24,26). The smallest absolute Gasteiger partial charge is 0.265 e. The number of para-hydroxylation sites is 2. The first-order valence-electron chi connectivity index (χ1n) is 9.00. The molecule has 3 aromatic rings. The number of carbonyl (C=O) groups is 2. The third-order valence-electron chi connectivity index (χ3n) is 4.35. The molecule has 0 spiro atoms. The molecule has 0 atom stereocenters. The lowest BCUT2D eigenvalue weighted by molar-refractivity contribution is 0.102. The van der Waals surface area contributed by atoms with E-state index in [4.69, 9.17) is 0 Å². The maximum absolute atomic E-state index is 12.5. The van der Waals surface area contributed by atoms with E-state index in [2.05, 4.69) is 10.6 Å². The molecule has 4 nitrogen and oxygen atoms in total. The van der Waals surface area contributed by atoms with Gasteiger partial charge in [-0.3, -0.25) is 9.59 Å². The van der Waals surface area contributed by atoms with E-state index in [1.807, 2.05) is 62.4 Å². The largest absolute Gasteiger partial charge is 0.321 e. The molecule has 0 aliphatic heterocycles. The summed E-state index contributed by atoms with van der Waals surface area (Å²) >= 11 is 1.19. The van der Waals surface area contributed by atoms with Crippen LogP contribution in [0.15, 0.2) is 60.7 Å². The molecule has 0 aliphatic carbocycles. The highest BCUT2D eigenvalue weighted by atomic mass is 32.1. The van der Waals surface area contributed by atoms with Crippen LogP contribution in [0.4, 0.5) is 11.4 Å². The van der Waals surface area contributed by atoms with Crippen molar-refractivity contribution in [2.45, 2.75) is 26.7 Å². The number of aryl methyl sites for hydroxylation is 2. The lowest BCUT2D eigenvalue weighted by Crippen LogP contribution is -2.12. The van der Waals surface area contributed by atoms with Crippen LogP contribution in [0.1, 0.15) is 44.3 Å². The van der Waals surface area contributed by atoms with Gasteiger partial charge in [-0.2, -0.15) is 0 Å². The minimum atomic E-state index is -0.200. The van der Waals surface area contributed by atoms with Crippen LogP contribution in [0.5, 0.6) is 0 Å². The van der Waals surface area contributed by atoms with E-state index in [1.54, 1.807) is 12.1 Å². The van der Waals surface area contributed by atoms with Gasteiger partial charge in [-0.15, -0.1) is 11.3 Å². The molecule has 2 amide bonds. The van der Waals surface area contributed by atoms with Crippen molar-refractivity contribution < 1.29 is 9.59 Å². The highest BCUT2D eigenvalue weighted by Crippen LogP contribution is 2.23. The topological polar surface area (TPSA) is 58.2 Å². The Kier molecular flexibility index (Phi) is 6.04. The average Bonchev–Trinajstić information content (AvgIpc) is 3.19. The molecule has 1 heterocycles. The van der Waals surface area contributed by atoms with Crippen LogP contribution in [0, 0.1) is 0 Å². The van der Waals surface area contributed by atoms with Gasteiger partial charge in [-0.25, -0.2) is 0 Å². The number of benzene rings is 2. The molecule has 2 N–H and O–H groups in total. The molecule has 0 fully saturated rings. The van der Waals surface area contributed by atoms with Gasteiger partial charge in [0.25, 0.3) is 11.8 Å². The van der Waals surface area contributed by atoms with Gasteiger partial charge in [0.1, 0.15) is 0 Å². The Hall–Kier alpha value is -2.92. The molecule has 1 aromatic heterocycles. The molecule has 0 aliphatic rings. The minimum absolute atomic E-state index is 0.200. The zero-order valence-corrected chi connectivity index (χ0v) is 16.2. The first-order valence-corrected chi connectivity index (χ1v) is 9.82. The Morgan fingerprint density at radius 3 is 1.52 bits per heavy atom. The van der Waals surface area contributed by atoms with Crippen molar-refractivity contribution in [2.24, 2.45) is 0 Å². The lowest BCUT2D eigenvalue weighted by atomic mass is 10.1. The second-order valence-electron chi connectivity index (χ2n) is 6.09. The van der Waals surface area contributed by atoms with E-state index >= 15 is 0 Å². The fourth-order valence-corrected chi connectivity index (χ4v) is 3.65. The first-order chi connectivity index (χ1) is 13.1. The summed E-state index contributed by atoms with van der Waals surface area (Å²) in [5.41, 5.74) is 3.77. The van der Waals surface area contributed by atoms with E-state index in [-0.39, 0.29) is 11.8 Å². The average molecular weight is 378 g/mol. The summed E-state index contributed by atoms with van der Waals surface area (Å²) in [6.45, 7) is 4.10. The van der Waals surface area contributed by atoms with Gasteiger partial charge in [0, 0.05) is 11.4 Å². The fraction of sp³-hybridized carbons (Fsp3) is 0.182. The van der Waals surface area contributed by atoms with Crippen molar-refractivity contribution in [1.82, 2.24) is 0 Å². The van der Waals surface area contributed by atoms with Crippen molar-refractivity contribution in [1.29, 1.82) is 0 Å². The molecule has 0 saturated heterocycles. The zero-order chi connectivity index (χ0) is 19.2. The molecule has 2 aromatic carbocycles. The SMILES string of the molecule is CCc1ccccc1NC(=O)c1ccc(C(=O)Nc2ccccc2CC)s1. The molecule has 138 valence electrons. The Morgan fingerprint density at radius 2 is 1.11 bits per heavy atom. The van der Waals surface area contributed by atoms with Crippen molar-refractivity contribution >= 4 is 34.5 Å². The summed E-state index contributed by atoms with van der Waals surface area (Å²) in [6.07, 6.45) is 1.68. The predicted octanol–water partition coefficient (Wildman–Crippen LogP) is 5.38. The number of nitrogens with one attached hydrogen (secondary N) is 2. The summed E-state index contributed by atoms with van der Waals surface area (Å²) in [6, 6.07) is 18.8. The monoisotopic (exact) mass is 378 g/mol. The van der Waals surface area contributed by atoms with Crippen molar-refractivity contribution in [3.63, 3.8) is 0 Å². The van der Waals surface area contributed by atoms with E-state index in [0.29, 0.717) is 9.75 Å². The van der Waals surface area contributed by atoms with Gasteiger partial charge in [-0.1, -0.05) is 50.2 Å². The maximum Gasteiger partial charge on any atom is 0.265 e. The van der Waals surface area contributed by atoms with Gasteiger partial charge >= 0.3 is 0 Å². The molecule has 0 bridgehead atoms. The van der Waals surface area contributed by atoms with E-state index < -0.39 is 0 Å². The third kappa shape index (κ3) is 4.44. The molecule has 3 rings (SSSR count). The number of anilines is 2. The number of thiophene rings is 1. The summed E-state index contributed by atoms with van der Waals surface area (Å²) in [5, 5.41) is 5.88. The number of rotatable bonds is 6. The number of hydrogen-bond acceptors (Lipinski definition) is 3. The van der Waals surface area contributed by atoms with Gasteiger partial charge in [0.05, 0.1) is 9.75 Å². The first kappa shape index (κ1) is 18.9. The van der Waals surface area contributed by atoms with Gasteiger partial charge in [0.2, 0.25) is 0 Å². The normalized spacial score (nSPS) is 10.4. The highest BCUT2D eigenvalue weighted by molar-refractivity contribution is 7.16. The molecule has 0 radical (unpaired) electrons. The van der Waals surface area contributed by atoms with Gasteiger partial charge in [0.15, 0.2) is 0 Å². The minimum Gasteiger partial charge on any atom is -0.321 e. The van der Waals surface area contributed by atoms with Crippen molar-refractivity contribution in [2.75, 3.05) is 10.6 Å². The molecular weight excluding hydrogens is 356 g/mol. The van der Waals surface area contributed by atoms with Crippen molar-refractivity contribution in [3.8, 4) is 0 Å². The third-order valence-corrected chi connectivity index (χ3v) is 5.43. The van der Waals surface area contributed by atoms with Crippen LogP contribution in [0.2, 0.25) is 0 Å². The zero-order valence-electron chi connectivity index (χ0n) is 15.4. The second-order valence-corrected chi connectivity index (χ2v) is 7.18. The number of hydrogen-bond donors (Lipinski definition) is 2. The van der Waals surface area contributed by atoms with E-state index in [9.17, 15) is 9.59 Å². The summed E-state index contributed by atoms with van der Waals surface area (Å²) in [5.74, 6) is -0.400. The molecule has 27 heavy (non-hydrogen) atoms. The Labute approximate surface area is 163 Å².